The van der Waals surface area contributed by atoms with Crippen molar-refractivity contribution in [2.24, 2.45) is 0 Å². The maximum absolute atomic E-state index is 12.6. The molecule has 0 atom stereocenters. The summed E-state index contributed by atoms with van der Waals surface area (Å²) >= 11 is 0. The Morgan fingerprint density at radius 3 is 1.16 bits per heavy atom. The normalized spacial score (nSPS) is 10.3. The smallest absolute Gasteiger partial charge is 0.343 e. The molecule has 264 valence electrons. The predicted molar refractivity (Wildman–Crippen MR) is 184 cm³/mol. The van der Waals surface area contributed by atoms with E-state index in [4.69, 9.17) is 28.4 Å². The lowest BCUT2D eigenvalue weighted by Crippen LogP contribution is -2.10. The summed E-state index contributed by atoms with van der Waals surface area (Å²) in [5.74, 6) is -1.40. The molecule has 0 aliphatic carbocycles. The molecule has 3 aromatic rings. The second kappa shape index (κ2) is 22.0. The molecule has 0 saturated carbocycles. The van der Waals surface area contributed by atoms with E-state index in [-0.39, 0.29) is 23.7 Å². The minimum atomic E-state index is -0.623. The molecule has 11 nitrogen and oxygen atoms in total. The van der Waals surface area contributed by atoms with Crippen molar-refractivity contribution in [1.29, 1.82) is 0 Å². The third-order valence-corrected chi connectivity index (χ3v) is 7.09. The van der Waals surface area contributed by atoms with Crippen LogP contribution in [0.3, 0.4) is 0 Å². The molecule has 0 spiro atoms. The van der Waals surface area contributed by atoms with E-state index in [0.29, 0.717) is 43.1 Å². The molecule has 0 fully saturated rings. The van der Waals surface area contributed by atoms with E-state index >= 15 is 0 Å². The number of benzene rings is 3. The van der Waals surface area contributed by atoms with E-state index in [0.717, 1.165) is 57.1 Å². The molecular formula is C39H42O11. The Labute approximate surface area is 291 Å². The Hall–Kier alpha value is -5.71. The van der Waals surface area contributed by atoms with Crippen molar-refractivity contribution >= 4 is 29.8 Å². The topological polar surface area (TPSA) is 141 Å². The molecule has 0 N–H and O–H groups in total. The molecule has 3 rings (SSSR count). The number of rotatable bonds is 22. The Balaban J connectivity index is 1.33. The highest BCUT2D eigenvalue weighted by Gasteiger charge is 2.13. The van der Waals surface area contributed by atoms with Crippen molar-refractivity contribution in [2.45, 2.75) is 51.4 Å². The van der Waals surface area contributed by atoms with Gasteiger partial charge in [-0.3, -0.25) is 0 Å². The predicted octanol–water partition coefficient (Wildman–Crippen LogP) is 7.24. The quantitative estimate of drug-likeness (QED) is 0.0347. The fourth-order valence-corrected chi connectivity index (χ4v) is 4.35. The van der Waals surface area contributed by atoms with Gasteiger partial charge in [-0.25, -0.2) is 24.0 Å². The first-order valence-corrected chi connectivity index (χ1v) is 16.4. The minimum Gasteiger partial charge on any atom is -0.494 e. The van der Waals surface area contributed by atoms with Crippen LogP contribution in [0.1, 0.15) is 82.4 Å². The number of esters is 5. The summed E-state index contributed by atoms with van der Waals surface area (Å²) in [4.78, 5) is 59.6. The van der Waals surface area contributed by atoms with Crippen molar-refractivity contribution in [1.82, 2.24) is 0 Å². The van der Waals surface area contributed by atoms with Gasteiger partial charge in [0, 0.05) is 12.2 Å². The highest BCUT2D eigenvalue weighted by molar-refractivity contribution is 5.93. The molecule has 0 unspecified atom stereocenters. The van der Waals surface area contributed by atoms with Crippen LogP contribution in [0.4, 0.5) is 0 Å². The average molecular weight is 687 g/mol. The van der Waals surface area contributed by atoms with Gasteiger partial charge in [0.05, 0.1) is 43.1 Å². The standard InChI is InChI=1S/C39H42O11/c1-3-35(40)46-26-10-6-5-9-25-45-32-19-13-30(14-20-32)38(43)50-34-23-17-31(18-24-34)39(44)49-33-21-15-29(16-22-33)37(42)48-28-12-8-7-11-27-47-36(41)4-2/h3-4,13-24H,1-2,5-12,25-28H2. The zero-order chi connectivity index (χ0) is 36.0. The first kappa shape index (κ1) is 38.7. The lowest BCUT2D eigenvalue weighted by molar-refractivity contribution is -0.138. The monoisotopic (exact) mass is 686 g/mol. The van der Waals surface area contributed by atoms with Gasteiger partial charge in [0.2, 0.25) is 0 Å². The number of hydrogen-bond donors (Lipinski definition) is 0. The number of unbranched alkanes of at least 4 members (excludes halogenated alkanes) is 6. The number of carbonyl (C=O) groups excluding carboxylic acids is 5. The lowest BCUT2D eigenvalue weighted by Gasteiger charge is -2.09. The van der Waals surface area contributed by atoms with E-state index < -0.39 is 29.8 Å². The highest BCUT2D eigenvalue weighted by Crippen LogP contribution is 2.19. The second-order valence-electron chi connectivity index (χ2n) is 10.9. The molecule has 50 heavy (non-hydrogen) atoms. The van der Waals surface area contributed by atoms with Gasteiger partial charge in [0.15, 0.2) is 0 Å². The molecule has 0 bridgehead atoms. The van der Waals surface area contributed by atoms with Gasteiger partial charge in [-0.15, -0.1) is 0 Å². The summed E-state index contributed by atoms with van der Waals surface area (Å²) in [5.41, 5.74) is 0.899. The Kier molecular flexibility index (Phi) is 17.1. The fraction of sp³-hybridized carbons (Fsp3) is 0.308. The summed E-state index contributed by atoms with van der Waals surface area (Å²) in [7, 11) is 0. The van der Waals surface area contributed by atoms with Gasteiger partial charge < -0.3 is 28.4 Å². The van der Waals surface area contributed by atoms with Gasteiger partial charge in [-0.1, -0.05) is 13.2 Å². The molecule has 0 aromatic heterocycles. The third-order valence-electron chi connectivity index (χ3n) is 7.09. The van der Waals surface area contributed by atoms with E-state index in [9.17, 15) is 24.0 Å². The van der Waals surface area contributed by atoms with E-state index in [1.54, 1.807) is 24.3 Å². The van der Waals surface area contributed by atoms with Crippen LogP contribution < -0.4 is 14.2 Å². The molecule has 3 aromatic carbocycles. The van der Waals surface area contributed by atoms with Crippen LogP contribution in [-0.4, -0.2) is 56.3 Å². The number of carbonyl (C=O) groups is 5. The van der Waals surface area contributed by atoms with Crippen molar-refractivity contribution in [2.75, 3.05) is 26.4 Å². The van der Waals surface area contributed by atoms with E-state index in [2.05, 4.69) is 13.2 Å². The number of ether oxygens (including phenoxy) is 6. The maximum Gasteiger partial charge on any atom is 0.343 e. The SMILES string of the molecule is C=CC(=O)OCCCCCCOC(=O)c1ccc(OC(=O)c2ccc(OC(=O)c3ccc(OCCCCCCOC(=O)C=C)cc3)cc2)cc1. The second-order valence-corrected chi connectivity index (χ2v) is 10.9. The highest BCUT2D eigenvalue weighted by atomic mass is 16.5. The average Bonchev–Trinajstić information content (AvgIpc) is 3.14. The molecule has 11 heteroatoms. The largest absolute Gasteiger partial charge is 0.494 e. The van der Waals surface area contributed by atoms with Crippen LogP contribution in [0.25, 0.3) is 0 Å². The van der Waals surface area contributed by atoms with Gasteiger partial charge in [0.1, 0.15) is 17.2 Å². The summed E-state index contributed by atoms with van der Waals surface area (Å²) in [6.45, 7) is 8.18. The van der Waals surface area contributed by atoms with Crippen LogP contribution in [-0.2, 0) is 23.8 Å². The third kappa shape index (κ3) is 14.6. The lowest BCUT2D eigenvalue weighted by atomic mass is 10.2. The zero-order valence-electron chi connectivity index (χ0n) is 28.0. The molecule has 0 saturated heterocycles. The van der Waals surface area contributed by atoms with Gasteiger partial charge in [0.25, 0.3) is 0 Å². The Morgan fingerprint density at radius 2 is 0.760 bits per heavy atom. The van der Waals surface area contributed by atoms with Crippen molar-refractivity contribution in [3.63, 3.8) is 0 Å². The number of hydrogen-bond acceptors (Lipinski definition) is 11. The summed E-state index contributed by atoms with van der Waals surface area (Å²) < 4.78 is 31.7. The van der Waals surface area contributed by atoms with E-state index in [1.165, 1.54) is 48.5 Å². The molecule has 0 amide bonds. The maximum atomic E-state index is 12.6. The molecular weight excluding hydrogens is 644 g/mol. The first-order chi connectivity index (χ1) is 24.3. The summed E-state index contributed by atoms with van der Waals surface area (Å²) in [6, 6.07) is 18.6. The van der Waals surface area contributed by atoms with Gasteiger partial charge in [-0.2, -0.15) is 0 Å². The van der Waals surface area contributed by atoms with Crippen molar-refractivity contribution < 1.29 is 52.4 Å². The van der Waals surface area contributed by atoms with Crippen LogP contribution in [0.5, 0.6) is 17.2 Å². The molecule has 0 aliphatic heterocycles. The molecule has 0 radical (unpaired) electrons. The Bertz CT molecular complexity index is 1560. The van der Waals surface area contributed by atoms with Gasteiger partial charge in [-0.05, 0) is 124 Å². The molecule has 0 heterocycles. The summed E-state index contributed by atoms with van der Waals surface area (Å²) in [5, 5.41) is 0. The molecule has 0 aliphatic rings. The Morgan fingerprint density at radius 1 is 0.420 bits per heavy atom. The van der Waals surface area contributed by atoms with Crippen LogP contribution in [0.15, 0.2) is 98.1 Å². The first-order valence-electron chi connectivity index (χ1n) is 16.4. The van der Waals surface area contributed by atoms with Crippen LogP contribution in [0.2, 0.25) is 0 Å². The van der Waals surface area contributed by atoms with Crippen molar-refractivity contribution in [3.8, 4) is 17.2 Å². The van der Waals surface area contributed by atoms with E-state index in [1.807, 2.05) is 0 Å². The van der Waals surface area contributed by atoms with Gasteiger partial charge >= 0.3 is 29.8 Å². The fourth-order valence-electron chi connectivity index (χ4n) is 4.35. The minimum absolute atomic E-state index is 0.241. The van der Waals surface area contributed by atoms with Crippen molar-refractivity contribution in [3.05, 3.63) is 115 Å². The summed E-state index contributed by atoms with van der Waals surface area (Å²) in [6.07, 6.45) is 8.81. The van der Waals surface area contributed by atoms with Crippen LogP contribution >= 0.6 is 0 Å². The zero-order valence-corrected chi connectivity index (χ0v) is 28.0. The van der Waals surface area contributed by atoms with Crippen LogP contribution in [0, 0.1) is 0 Å².